The lowest BCUT2D eigenvalue weighted by atomic mass is 9.98. The molecule has 0 fully saturated rings. The second-order valence-corrected chi connectivity index (χ2v) is 8.39. The molecule has 184 valence electrons. The molecule has 1 unspecified atom stereocenters. The SMILES string of the molecule is O=C(NC(CC(=O)N1CC=C(C(=O)O)CC1)C(F)(F)F)OCC1c2ccccc2-c2ccccc21. The number of carbonyl (C=O) groups is 3. The number of aliphatic carboxylic acids is 1. The van der Waals surface area contributed by atoms with Crippen LogP contribution in [-0.4, -0.2) is 59.9 Å². The topological polar surface area (TPSA) is 95.9 Å². The number of hydrogen-bond acceptors (Lipinski definition) is 4. The number of hydrogen-bond donors (Lipinski definition) is 2. The van der Waals surface area contributed by atoms with E-state index in [0.29, 0.717) is 0 Å². The van der Waals surface area contributed by atoms with E-state index < -0.39 is 36.6 Å². The first-order valence-corrected chi connectivity index (χ1v) is 11.0. The van der Waals surface area contributed by atoms with Crippen molar-refractivity contribution in [3.8, 4) is 11.1 Å². The third-order valence-corrected chi connectivity index (χ3v) is 6.25. The number of carboxylic acids is 1. The molecule has 2 N–H and O–H groups in total. The van der Waals surface area contributed by atoms with E-state index in [1.807, 2.05) is 48.5 Å². The van der Waals surface area contributed by atoms with Crippen molar-refractivity contribution < 1.29 is 37.4 Å². The van der Waals surface area contributed by atoms with Crippen molar-refractivity contribution >= 4 is 18.0 Å². The molecule has 1 atom stereocenters. The van der Waals surface area contributed by atoms with Crippen LogP contribution in [0.15, 0.2) is 60.2 Å². The number of nitrogens with zero attached hydrogens (tertiary/aromatic N) is 1. The first-order chi connectivity index (χ1) is 16.6. The van der Waals surface area contributed by atoms with Crippen LogP contribution in [0.5, 0.6) is 0 Å². The highest BCUT2D eigenvalue weighted by molar-refractivity contribution is 5.87. The molecule has 1 aliphatic heterocycles. The number of nitrogens with one attached hydrogen (secondary N) is 1. The van der Waals surface area contributed by atoms with Gasteiger partial charge in [-0.15, -0.1) is 0 Å². The second-order valence-electron chi connectivity index (χ2n) is 8.39. The van der Waals surface area contributed by atoms with Gasteiger partial charge in [0.1, 0.15) is 12.6 Å². The van der Waals surface area contributed by atoms with Gasteiger partial charge in [0.05, 0.1) is 6.42 Å². The summed E-state index contributed by atoms with van der Waals surface area (Å²) in [7, 11) is 0. The average Bonchev–Trinajstić information content (AvgIpc) is 3.15. The molecule has 35 heavy (non-hydrogen) atoms. The summed E-state index contributed by atoms with van der Waals surface area (Å²) in [6.07, 6.45) is -5.82. The summed E-state index contributed by atoms with van der Waals surface area (Å²) in [5, 5.41) is 10.8. The third kappa shape index (κ3) is 5.31. The fraction of sp³-hybridized carbons (Fsp3) is 0.320. The molecule has 0 aromatic heterocycles. The van der Waals surface area contributed by atoms with Crippen LogP contribution in [0.4, 0.5) is 18.0 Å². The molecule has 10 heteroatoms. The van der Waals surface area contributed by atoms with Gasteiger partial charge in [-0.1, -0.05) is 54.6 Å². The Labute approximate surface area is 199 Å². The molecule has 0 radical (unpaired) electrons. The molecule has 2 amide bonds. The minimum atomic E-state index is -4.88. The van der Waals surface area contributed by atoms with Crippen LogP contribution in [-0.2, 0) is 14.3 Å². The summed E-state index contributed by atoms with van der Waals surface area (Å²) in [4.78, 5) is 36.8. The van der Waals surface area contributed by atoms with Crippen LogP contribution in [0.25, 0.3) is 11.1 Å². The van der Waals surface area contributed by atoms with E-state index in [4.69, 9.17) is 9.84 Å². The normalized spacial score (nSPS) is 16.1. The molecule has 0 saturated carbocycles. The highest BCUT2D eigenvalue weighted by Gasteiger charge is 2.43. The van der Waals surface area contributed by atoms with Gasteiger partial charge in [-0.2, -0.15) is 13.2 Å². The fourth-order valence-electron chi connectivity index (χ4n) is 4.42. The van der Waals surface area contributed by atoms with Crippen molar-refractivity contribution in [1.82, 2.24) is 10.2 Å². The van der Waals surface area contributed by atoms with Gasteiger partial charge in [0, 0.05) is 24.6 Å². The zero-order valence-corrected chi connectivity index (χ0v) is 18.5. The Morgan fingerprint density at radius 1 is 1.06 bits per heavy atom. The molecule has 1 heterocycles. The minimum absolute atomic E-state index is 0.00745. The van der Waals surface area contributed by atoms with Crippen molar-refractivity contribution in [3.63, 3.8) is 0 Å². The first-order valence-electron chi connectivity index (χ1n) is 11.0. The maximum atomic E-state index is 13.6. The molecule has 0 saturated heterocycles. The Bertz CT molecular complexity index is 1130. The zero-order valence-electron chi connectivity index (χ0n) is 18.5. The predicted molar refractivity (Wildman–Crippen MR) is 120 cm³/mol. The van der Waals surface area contributed by atoms with Crippen molar-refractivity contribution in [2.24, 2.45) is 0 Å². The van der Waals surface area contributed by atoms with E-state index in [1.165, 1.54) is 6.08 Å². The van der Waals surface area contributed by atoms with Crippen LogP contribution < -0.4 is 5.32 Å². The summed E-state index contributed by atoms with van der Waals surface area (Å²) < 4.78 is 45.9. The maximum Gasteiger partial charge on any atom is 0.409 e. The van der Waals surface area contributed by atoms with Crippen LogP contribution in [0.2, 0.25) is 0 Å². The molecule has 4 rings (SSSR count). The first kappa shape index (κ1) is 24.3. The average molecular weight is 488 g/mol. The lowest BCUT2D eigenvalue weighted by Crippen LogP contribution is -2.49. The number of ether oxygens (including phenoxy) is 1. The summed E-state index contributed by atoms with van der Waals surface area (Å²) in [6.45, 7) is -0.268. The predicted octanol–water partition coefficient (Wildman–Crippen LogP) is 4.09. The van der Waals surface area contributed by atoms with Gasteiger partial charge in [-0.25, -0.2) is 9.59 Å². The zero-order chi connectivity index (χ0) is 25.2. The largest absolute Gasteiger partial charge is 0.478 e. The Hall–Kier alpha value is -3.82. The smallest absolute Gasteiger partial charge is 0.409 e. The fourth-order valence-corrected chi connectivity index (χ4v) is 4.42. The molecule has 7 nitrogen and oxygen atoms in total. The minimum Gasteiger partial charge on any atom is -0.478 e. The number of fused-ring (bicyclic) bond motifs is 3. The molecule has 0 bridgehead atoms. The number of rotatable bonds is 6. The number of alkyl halides is 3. The van der Waals surface area contributed by atoms with E-state index in [9.17, 15) is 27.6 Å². The molecular weight excluding hydrogens is 465 g/mol. The Morgan fingerprint density at radius 3 is 2.17 bits per heavy atom. The lowest BCUT2D eigenvalue weighted by Gasteiger charge is -2.28. The molecule has 0 spiro atoms. The summed E-state index contributed by atoms with van der Waals surface area (Å²) in [5.74, 6) is -2.28. The van der Waals surface area contributed by atoms with Crippen LogP contribution in [0.1, 0.15) is 29.9 Å². The Kier molecular flexibility index (Phi) is 6.81. The maximum absolute atomic E-state index is 13.6. The van der Waals surface area contributed by atoms with E-state index in [-0.39, 0.29) is 37.6 Å². The molecule has 1 aliphatic carbocycles. The number of benzene rings is 2. The van der Waals surface area contributed by atoms with E-state index in [0.717, 1.165) is 27.2 Å². The van der Waals surface area contributed by atoms with E-state index >= 15 is 0 Å². The standard InChI is InChI=1S/C25H23F3N2O5/c26-25(27,28)21(13-22(31)30-11-9-15(10-12-30)23(32)33)29-24(34)35-14-20-18-7-3-1-5-16(18)17-6-2-4-8-19(17)20/h1-9,20-21H,10-14H2,(H,29,34)(H,32,33). The van der Waals surface area contributed by atoms with Crippen LogP contribution in [0, 0.1) is 0 Å². The summed E-state index contributed by atoms with van der Waals surface area (Å²) >= 11 is 0. The number of halogens is 3. The van der Waals surface area contributed by atoms with Crippen molar-refractivity contribution in [2.45, 2.75) is 31.0 Å². The van der Waals surface area contributed by atoms with Gasteiger partial charge in [-0.05, 0) is 28.7 Å². The molecule has 2 aliphatic rings. The van der Waals surface area contributed by atoms with Crippen LogP contribution >= 0.6 is 0 Å². The monoisotopic (exact) mass is 488 g/mol. The van der Waals surface area contributed by atoms with E-state index in [2.05, 4.69) is 0 Å². The van der Waals surface area contributed by atoms with E-state index in [1.54, 1.807) is 5.32 Å². The van der Waals surface area contributed by atoms with Gasteiger partial charge in [-0.3, -0.25) is 4.79 Å². The summed E-state index contributed by atoms with van der Waals surface area (Å²) in [5.41, 5.74) is 3.92. The highest BCUT2D eigenvalue weighted by Crippen LogP contribution is 2.44. The molecular formula is C25H23F3N2O5. The number of carboxylic acid groups (broad SMARTS) is 1. The van der Waals surface area contributed by atoms with Crippen LogP contribution in [0.3, 0.4) is 0 Å². The number of alkyl carbamates (subject to hydrolysis) is 1. The van der Waals surface area contributed by atoms with Gasteiger partial charge in [0.25, 0.3) is 0 Å². The van der Waals surface area contributed by atoms with Crippen molar-refractivity contribution in [1.29, 1.82) is 0 Å². The van der Waals surface area contributed by atoms with Gasteiger partial charge >= 0.3 is 18.2 Å². The second kappa shape index (κ2) is 9.81. The Morgan fingerprint density at radius 2 is 1.66 bits per heavy atom. The van der Waals surface area contributed by atoms with Gasteiger partial charge in [0.15, 0.2) is 0 Å². The van der Waals surface area contributed by atoms with Gasteiger partial charge < -0.3 is 20.1 Å². The van der Waals surface area contributed by atoms with Crippen molar-refractivity contribution in [3.05, 3.63) is 71.3 Å². The third-order valence-electron chi connectivity index (χ3n) is 6.25. The van der Waals surface area contributed by atoms with Crippen molar-refractivity contribution in [2.75, 3.05) is 19.7 Å². The number of amides is 2. The molecule has 2 aromatic carbocycles. The molecule has 2 aromatic rings. The number of carbonyl (C=O) groups excluding carboxylic acids is 2. The lowest BCUT2D eigenvalue weighted by molar-refractivity contribution is -0.163. The van der Waals surface area contributed by atoms with Gasteiger partial charge in [0.2, 0.25) is 5.91 Å². The highest BCUT2D eigenvalue weighted by atomic mass is 19.4. The summed E-state index contributed by atoms with van der Waals surface area (Å²) in [6, 6.07) is 12.7. The quantitative estimate of drug-likeness (QED) is 0.639. The Balaban J connectivity index is 1.38.